The van der Waals surface area contributed by atoms with Crippen LogP contribution in [-0.2, 0) is 9.59 Å². The largest absolute Gasteiger partial charge is 0.315 e. The maximum Gasteiger partial charge on any atom is 0.246 e. The topological polar surface area (TPSA) is 53.0 Å². The normalized spacial score (nSPS) is 32.4. The lowest BCUT2D eigenvalue weighted by Gasteiger charge is -2.35. The van der Waals surface area contributed by atoms with E-state index in [1.807, 2.05) is 26.1 Å². The number of rotatable bonds is 1. The van der Waals surface area contributed by atoms with E-state index in [0.29, 0.717) is 0 Å². The molecule has 4 unspecified atom stereocenters. The summed E-state index contributed by atoms with van der Waals surface area (Å²) in [6.07, 6.45) is 0.906. The molecule has 3 aliphatic rings. The molecule has 0 bridgehead atoms. The fourth-order valence-corrected chi connectivity index (χ4v) is 3.86. The zero-order valence-electron chi connectivity index (χ0n) is 13.9. The van der Waals surface area contributed by atoms with E-state index in [1.54, 1.807) is 11.9 Å². The van der Waals surface area contributed by atoms with Crippen molar-refractivity contribution in [3.63, 3.8) is 0 Å². The highest BCUT2D eigenvalue weighted by molar-refractivity contribution is 6.10. The molecule has 5 heteroatoms. The second-order valence-electron chi connectivity index (χ2n) is 7.04. The molecule has 0 N–H and O–H groups in total. The lowest BCUT2D eigenvalue weighted by atomic mass is 9.82. The molecule has 2 amide bonds. The Kier molecular flexibility index (Phi) is 2.92. The average molecular weight is 311 g/mol. The summed E-state index contributed by atoms with van der Waals surface area (Å²) in [6, 6.07) is 6.21. The molecule has 0 aromatic heterocycles. The highest BCUT2D eigenvalue weighted by Gasteiger charge is 2.51. The third-order valence-corrected chi connectivity index (χ3v) is 5.68. The Morgan fingerprint density at radius 1 is 1.04 bits per heavy atom. The molecule has 4 rings (SSSR count). The van der Waals surface area contributed by atoms with Gasteiger partial charge in [0.15, 0.2) is 0 Å². The standard InChI is InChI=1S/C18H21N3O2/c1-9-10(2)17(22)20(3)15-6-5-11(7-12(9)15)16-13-8-14(13)18(23)21(4)19-16/h5-7,9-10,13-14H,8H2,1-4H3. The predicted molar refractivity (Wildman–Crippen MR) is 88.3 cm³/mol. The molecule has 1 saturated carbocycles. The van der Waals surface area contributed by atoms with Gasteiger partial charge in [0.1, 0.15) is 0 Å². The number of benzene rings is 1. The van der Waals surface area contributed by atoms with Gasteiger partial charge < -0.3 is 4.90 Å². The fourth-order valence-electron chi connectivity index (χ4n) is 3.86. The number of hydrogen-bond donors (Lipinski definition) is 0. The van der Waals surface area contributed by atoms with Crippen LogP contribution in [0.2, 0.25) is 0 Å². The zero-order chi connectivity index (χ0) is 16.5. The Morgan fingerprint density at radius 2 is 1.78 bits per heavy atom. The smallest absolute Gasteiger partial charge is 0.246 e. The van der Waals surface area contributed by atoms with Crippen molar-refractivity contribution in [1.82, 2.24) is 5.01 Å². The van der Waals surface area contributed by atoms with Gasteiger partial charge in [-0.2, -0.15) is 5.10 Å². The van der Waals surface area contributed by atoms with Crippen molar-refractivity contribution in [2.45, 2.75) is 26.2 Å². The van der Waals surface area contributed by atoms with Crippen LogP contribution < -0.4 is 4.90 Å². The van der Waals surface area contributed by atoms with Gasteiger partial charge in [0, 0.05) is 37.5 Å². The molecular weight excluding hydrogens is 290 g/mol. The third kappa shape index (κ3) is 1.95. The second kappa shape index (κ2) is 4.66. The summed E-state index contributed by atoms with van der Waals surface area (Å²) in [5.41, 5.74) is 4.27. The van der Waals surface area contributed by atoms with Crippen molar-refractivity contribution in [2.75, 3.05) is 19.0 Å². The van der Waals surface area contributed by atoms with Crippen LogP contribution in [0.4, 0.5) is 5.69 Å². The van der Waals surface area contributed by atoms with Gasteiger partial charge in [-0.1, -0.05) is 19.9 Å². The van der Waals surface area contributed by atoms with Crippen LogP contribution in [0.25, 0.3) is 0 Å². The van der Waals surface area contributed by atoms with Crippen LogP contribution in [0.3, 0.4) is 0 Å². The van der Waals surface area contributed by atoms with E-state index in [0.717, 1.165) is 23.4 Å². The van der Waals surface area contributed by atoms with Crippen LogP contribution in [-0.4, -0.2) is 36.6 Å². The minimum absolute atomic E-state index is 0.0195. The second-order valence-corrected chi connectivity index (χ2v) is 7.04. The van der Waals surface area contributed by atoms with Gasteiger partial charge in [-0.15, -0.1) is 0 Å². The lowest BCUT2D eigenvalue weighted by Crippen LogP contribution is -2.39. The fraction of sp³-hybridized carbons (Fsp3) is 0.500. The summed E-state index contributed by atoms with van der Waals surface area (Å²) >= 11 is 0. The molecule has 1 aromatic rings. The molecule has 2 heterocycles. The maximum atomic E-state index is 12.3. The molecule has 2 aliphatic heterocycles. The Morgan fingerprint density at radius 3 is 2.52 bits per heavy atom. The van der Waals surface area contributed by atoms with Crippen LogP contribution in [0.5, 0.6) is 0 Å². The summed E-state index contributed by atoms with van der Waals surface area (Å²) in [7, 11) is 3.57. The number of anilines is 1. The van der Waals surface area contributed by atoms with Crippen molar-refractivity contribution in [3.05, 3.63) is 29.3 Å². The van der Waals surface area contributed by atoms with Gasteiger partial charge in [0.25, 0.3) is 0 Å². The van der Waals surface area contributed by atoms with Crippen molar-refractivity contribution in [3.8, 4) is 0 Å². The van der Waals surface area contributed by atoms with Gasteiger partial charge in [0.2, 0.25) is 11.8 Å². The Bertz CT molecular complexity index is 755. The number of carbonyl (C=O) groups excluding carboxylic acids is 2. The van der Waals surface area contributed by atoms with Gasteiger partial charge in [0.05, 0.1) is 5.71 Å². The molecular formula is C18H21N3O2. The summed E-state index contributed by atoms with van der Waals surface area (Å²) < 4.78 is 0. The van der Waals surface area contributed by atoms with Crippen molar-refractivity contribution < 1.29 is 9.59 Å². The number of hydrazone groups is 1. The molecule has 0 saturated heterocycles. The predicted octanol–water partition coefficient (Wildman–Crippen LogP) is 2.21. The Labute approximate surface area is 136 Å². The third-order valence-electron chi connectivity index (χ3n) is 5.68. The van der Waals surface area contributed by atoms with Crippen LogP contribution in [0.15, 0.2) is 23.3 Å². The molecule has 1 aliphatic carbocycles. The highest BCUT2D eigenvalue weighted by Crippen LogP contribution is 2.46. The monoisotopic (exact) mass is 311 g/mol. The Hall–Kier alpha value is -2.17. The summed E-state index contributed by atoms with van der Waals surface area (Å²) in [4.78, 5) is 26.0. The van der Waals surface area contributed by atoms with Crippen LogP contribution in [0, 0.1) is 17.8 Å². The number of carbonyl (C=O) groups is 2. The summed E-state index contributed by atoms with van der Waals surface area (Å²) in [5, 5.41) is 5.98. The van der Waals surface area contributed by atoms with Crippen LogP contribution in [0.1, 0.15) is 37.3 Å². The number of amides is 2. The zero-order valence-corrected chi connectivity index (χ0v) is 13.9. The lowest BCUT2D eigenvalue weighted by molar-refractivity contribution is -0.132. The molecule has 1 aromatic carbocycles. The summed E-state index contributed by atoms with van der Waals surface area (Å²) in [6.45, 7) is 4.09. The van der Waals surface area contributed by atoms with E-state index in [1.165, 1.54) is 10.6 Å². The summed E-state index contributed by atoms with van der Waals surface area (Å²) in [5.74, 6) is 0.849. The van der Waals surface area contributed by atoms with E-state index in [4.69, 9.17) is 0 Å². The van der Waals surface area contributed by atoms with E-state index < -0.39 is 0 Å². The molecule has 120 valence electrons. The van der Waals surface area contributed by atoms with Gasteiger partial charge in [-0.3, -0.25) is 9.59 Å². The van der Waals surface area contributed by atoms with Gasteiger partial charge >= 0.3 is 0 Å². The molecule has 23 heavy (non-hydrogen) atoms. The average Bonchev–Trinajstić information content (AvgIpc) is 3.34. The molecule has 1 fully saturated rings. The number of nitrogens with zero attached hydrogens (tertiary/aromatic N) is 3. The molecule has 5 nitrogen and oxygen atoms in total. The minimum atomic E-state index is -0.0195. The number of fused-ring (bicyclic) bond motifs is 2. The molecule has 0 radical (unpaired) electrons. The quantitative estimate of drug-likeness (QED) is 0.798. The van der Waals surface area contributed by atoms with Gasteiger partial charge in [-0.25, -0.2) is 5.01 Å². The van der Waals surface area contributed by atoms with E-state index in [2.05, 4.69) is 18.1 Å². The van der Waals surface area contributed by atoms with Crippen molar-refractivity contribution in [1.29, 1.82) is 0 Å². The Balaban J connectivity index is 1.78. The van der Waals surface area contributed by atoms with Gasteiger partial charge in [-0.05, 0) is 35.6 Å². The first kappa shape index (κ1) is 14.4. The van der Waals surface area contributed by atoms with E-state index in [-0.39, 0.29) is 35.5 Å². The van der Waals surface area contributed by atoms with E-state index >= 15 is 0 Å². The maximum absolute atomic E-state index is 12.3. The first-order valence-electron chi connectivity index (χ1n) is 8.18. The first-order valence-corrected chi connectivity index (χ1v) is 8.18. The molecule has 4 atom stereocenters. The number of hydrogen-bond acceptors (Lipinski definition) is 3. The SMILES string of the molecule is CC1C(=O)N(C)c2ccc(C3=NN(C)C(=O)C4CC34)cc2C1C. The highest BCUT2D eigenvalue weighted by atomic mass is 16.2. The first-order chi connectivity index (χ1) is 10.9. The van der Waals surface area contributed by atoms with Crippen molar-refractivity contribution in [2.24, 2.45) is 22.9 Å². The molecule has 0 spiro atoms. The van der Waals surface area contributed by atoms with Crippen LogP contribution >= 0.6 is 0 Å². The van der Waals surface area contributed by atoms with E-state index in [9.17, 15) is 9.59 Å². The minimum Gasteiger partial charge on any atom is -0.315 e. The van der Waals surface area contributed by atoms with Crippen molar-refractivity contribution >= 4 is 23.2 Å².